The maximum absolute atomic E-state index is 12.7. The molecule has 0 unspecified atom stereocenters. The summed E-state index contributed by atoms with van der Waals surface area (Å²) in [5.41, 5.74) is 4.02. The van der Waals surface area contributed by atoms with Crippen LogP contribution in [0.2, 0.25) is 0 Å². The summed E-state index contributed by atoms with van der Waals surface area (Å²) in [6, 6.07) is 24.9. The van der Waals surface area contributed by atoms with Crippen LogP contribution in [-0.4, -0.2) is 15.0 Å². The van der Waals surface area contributed by atoms with E-state index in [-0.39, 0.29) is 5.78 Å². The summed E-state index contributed by atoms with van der Waals surface area (Å²) in [6.07, 6.45) is 3.97. The lowest BCUT2D eigenvalue weighted by Crippen LogP contribution is -2.00. The molecule has 3 nitrogen and oxygen atoms in total. The van der Waals surface area contributed by atoms with Gasteiger partial charge in [-0.1, -0.05) is 72.8 Å². The maximum atomic E-state index is 12.7. The molecular formula is C22H16N2OS. The maximum Gasteiger partial charge on any atom is 0.193 e. The Kier molecular flexibility index (Phi) is 4.42. The number of nitrogens with zero attached hydrogens (tertiary/aromatic N) is 2. The molecule has 1 aromatic heterocycles. The summed E-state index contributed by atoms with van der Waals surface area (Å²) in [4.78, 5) is 12.7. The van der Waals surface area contributed by atoms with E-state index < -0.39 is 0 Å². The second-order valence-corrected chi connectivity index (χ2v) is 6.32. The van der Waals surface area contributed by atoms with Crippen molar-refractivity contribution in [1.29, 1.82) is 0 Å². The van der Waals surface area contributed by atoms with E-state index in [0.29, 0.717) is 11.1 Å². The van der Waals surface area contributed by atoms with Crippen LogP contribution in [0.5, 0.6) is 0 Å². The molecule has 0 spiro atoms. The summed E-state index contributed by atoms with van der Waals surface area (Å²) in [7, 11) is 0. The highest BCUT2D eigenvalue weighted by Gasteiger charge is 2.13. The number of rotatable bonds is 4. The minimum absolute atomic E-state index is 0.0107. The molecule has 0 radical (unpaired) electrons. The monoisotopic (exact) mass is 356 g/mol. The fourth-order valence-electron chi connectivity index (χ4n) is 2.88. The number of carbonyl (C=O) groups excluding carboxylic acids is 1. The van der Waals surface area contributed by atoms with Gasteiger partial charge in [0, 0.05) is 16.5 Å². The lowest BCUT2D eigenvalue weighted by atomic mass is 10.0. The molecule has 126 valence electrons. The molecule has 4 rings (SSSR count). The largest absolute Gasteiger partial charge is 0.289 e. The lowest BCUT2D eigenvalue weighted by Gasteiger charge is -2.02. The quantitative estimate of drug-likeness (QED) is 0.406. The first kappa shape index (κ1) is 16.4. The van der Waals surface area contributed by atoms with Crippen LogP contribution in [0.1, 0.15) is 27.2 Å². The zero-order valence-electron chi connectivity index (χ0n) is 13.9. The van der Waals surface area contributed by atoms with Crippen molar-refractivity contribution in [2.45, 2.75) is 0 Å². The number of thiol groups is 1. The van der Waals surface area contributed by atoms with Gasteiger partial charge in [-0.25, -0.2) is 4.09 Å². The van der Waals surface area contributed by atoms with Crippen molar-refractivity contribution in [1.82, 2.24) is 9.19 Å². The zero-order chi connectivity index (χ0) is 17.9. The van der Waals surface area contributed by atoms with Gasteiger partial charge in [-0.3, -0.25) is 4.79 Å². The van der Waals surface area contributed by atoms with Gasteiger partial charge in [0.15, 0.2) is 5.78 Å². The predicted octanol–water partition coefficient (Wildman–Crippen LogP) is 5.13. The summed E-state index contributed by atoms with van der Waals surface area (Å²) in [5.74, 6) is -0.0107. The predicted molar refractivity (Wildman–Crippen MR) is 109 cm³/mol. The van der Waals surface area contributed by atoms with E-state index in [0.717, 1.165) is 22.2 Å². The van der Waals surface area contributed by atoms with Crippen molar-refractivity contribution < 1.29 is 4.79 Å². The zero-order valence-corrected chi connectivity index (χ0v) is 14.8. The third kappa shape index (κ3) is 3.19. The SMILES string of the molecule is O=C(c1ccccc1)c1ccc2c(C=Cc3ccccc3)nn(S)c2c1. The van der Waals surface area contributed by atoms with Gasteiger partial charge in [0.1, 0.15) is 0 Å². The molecule has 0 aliphatic heterocycles. The van der Waals surface area contributed by atoms with Crippen LogP contribution < -0.4 is 0 Å². The molecule has 0 aliphatic carbocycles. The van der Waals surface area contributed by atoms with Crippen molar-refractivity contribution in [3.05, 3.63) is 101 Å². The number of benzene rings is 3. The first-order valence-corrected chi connectivity index (χ1v) is 8.67. The van der Waals surface area contributed by atoms with Crippen LogP contribution in [0.3, 0.4) is 0 Å². The Morgan fingerprint density at radius 2 is 1.54 bits per heavy atom. The molecule has 0 amide bonds. The molecule has 4 aromatic rings. The Labute approximate surface area is 157 Å². The highest BCUT2D eigenvalue weighted by Crippen LogP contribution is 2.24. The van der Waals surface area contributed by atoms with Gasteiger partial charge >= 0.3 is 0 Å². The number of aromatic nitrogens is 2. The van der Waals surface area contributed by atoms with Crippen LogP contribution in [0, 0.1) is 0 Å². The average Bonchev–Trinajstić information content (AvgIpc) is 3.02. The minimum atomic E-state index is -0.0107. The lowest BCUT2D eigenvalue weighted by molar-refractivity contribution is 0.103. The van der Waals surface area contributed by atoms with Crippen LogP contribution in [0.25, 0.3) is 23.1 Å². The molecule has 4 heteroatoms. The van der Waals surface area contributed by atoms with Crippen molar-refractivity contribution in [2.24, 2.45) is 0 Å². The summed E-state index contributed by atoms with van der Waals surface area (Å²) in [6.45, 7) is 0. The van der Waals surface area contributed by atoms with E-state index in [4.69, 9.17) is 0 Å². The van der Waals surface area contributed by atoms with Gasteiger partial charge in [0.25, 0.3) is 0 Å². The van der Waals surface area contributed by atoms with E-state index in [1.807, 2.05) is 91.0 Å². The van der Waals surface area contributed by atoms with Crippen molar-refractivity contribution in [3.63, 3.8) is 0 Å². The third-order valence-electron chi connectivity index (χ3n) is 4.22. The molecule has 0 fully saturated rings. The number of carbonyl (C=O) groups is 1. The number of hydrogen-bond donors (Lipinski definition) is 1. The molecule has 0 aliphatic rings. The fraction of sp³-hybridized carbons (Fsp3) is 0. The number of ketones is 1. The van der Waals surface area contributed by atoms with Crippen molar-refractivity contribution in [2.75, 3.05) is 0 Å². The molecule has 3 aromatic carbocycles. The molecule has 0 saturated carbocycles. The van der Waals surface area contributed by atoms with Gasteiger partial charge in [0.2, 0.25) is 0 Å². The van der Waals surface area contributed by atoms with Gasteiger partial charge < -0.3 is 0 Å². The van der Waals surface area contributed by atoms with E-state index in [1.54, 1.807) is 0 Å². The molecular weight excluding hydrogens is 340 g/mol. The van der Waals surface area contributed by atoms with Crippen molar-refractivity contribution >= 4 is 41.7 Å². The average molecular weight is 356 g/mol. The Balaban J connectivity index is 1.71. The Hall–Kier alpha value is -3.11. The van der Waals surface area contributed by atoms with Crippen LogP contribution in [0.4, 0.5) is 0 Å². The second kappa shape index (κ2) is 7.02. The molecule has 26 heavy (non-hydrogen) atoms. The third-order valence-corrected chi connectivity index (χ3v) is 4.53. The molecule has 0 atom stereocenters. The van der Waals surface area contributed by atoms with Gasteiger partial charge in [-0.2, -0.15) is 5.10 Å². The fourth-order valence-corrected chi connectivity index (χ4v) is 3.15. The van der Waals surface area contributed by atoms with Crippen LogP contribution >= 0.6 is 12.8 Å². The van der Waals surface area contributed by atoms with E-state index in [9.17, 15) is 4.79 Å². The molecule has 0 saturated heterocycles. The van der Waals surface area contributed by atoms with Crippen LogP contribution in [0.15, 0.2) is 78.9 Å². The first-order chi connectivity index (χ1) is 12.7. The van der Waals surface area contributed by atoms with Gasteiger partial charge in [0.05, 0.1) is 11.2 Å². The van der Waals surface area contributed by atoms with E-state index in [1.165, 1.54) is 4.09 Å². The highest BCUT2D eigenvalue weighted by atomic mass is 32.1. The topological polar surface area (TPSA) is 34.9 Å². The molecule has 0 bridgehead atoms. The Bertz CT molecular complexity index is 1100. The number of fused-ring (bicyclic) bond motifs is 1. The number of hydrogen-bond acceptors (Lipinski definition) is 3. The normalized spacial score (nSPS) is 11.3. The smallest absolute Gasteiger partial charge is 0.193 e. The summed E-state index contributed by atoms with van der Waals surface area (Å²) >= 11 is 4.41. The molecule has 1 heterocycles. The summed E-state index contributed by atoms with van der Waals surface area (Å²) in [5, 5.41) is 5.42. The van der Waals surface area contributed by atoms with E-state index in [2.05, 4.69) is 17.9 Å². The second-order valence-electron chi connectivity index (χ2n) is 5.95. The minimum Gasteiger partial charge on any atom is -0.289 e. The van der Waals surface area contributed by atoms with Gasteiger partial charge in [-0.15, -0.1) is 0 Å². The standard InChI is InChI=1S/C22H16N2OS/c25-22(17-9-5-2-6-10-17)18-12-13-19-20(23-24(26)21(19)15-18)14-11-16-7-3-1-4-8-16/h1-15,26H. The van der Waals surface area contributed by atoms with Crippen LogP contribution in [-0.2, 0) is 0 Å². The highest BCUT2D eigenvalue weighted by molar-refractivity contribution is 7.78. The Morgan fingerprint density at radius 3 is 2.27 bits per heavy atom. The van der Waals surface area contributed by atoms with Crippen molar-refractivity contribution in [3.8, 4) is 0 Å². The first-order valence-electron chi connectivity index (χ1n) is 8.27. The molecule has 0 N–H and O–H groups in total. The summed E-state index contributed by atoms with van der Waals surface area (Å²) < 4.78 is 1.52. The van der Waals surface area contributed by atoms with Gasteiger partial charge in [-0.05, 0) is 36.6 Å². The Morgan fingerprint density at radius 1 is 0.846 bits per heavy atom. The van der Waals surface area contributed by atoms with E-state index >= 15 is 0 Å².